The third kappa shape index (κ3) is 21.6. The average molecular weight is 566 g/mol. The molecule has 0 atom stereocenters. The molecule has 0 unspecified atom stereocenters. The molecule has 0 bridgehead atoms. The highest BCUT2D eigenvalue weighted by Crippen LogP contribution is 2.35. The van der Waals surface area contributed by atoms with Crippen LogP contribution in [0.2, 0.25) is 0 Å². The van der Waals surface area contributed by atoms with Crippen LogP contribution >= 0.6 is 0 Å². The van der Waals surface area contributed by atoms with E-state index in [1.165, 1.54) is 83.7 Å². The van der Waals surface area contributed by atoms with Gasteiger partial charge in [-0.05, 0) is 118 Å². The van der Waals surface area contributed by atoms with Crippen LogP contribution in [0.4, 0.5) is 0 Å². The number of hydrogen-bond donors (Lipinski definition) is 0. The molecule has 0 N–H and O–H groups in total. The van der Waals surface area contributed by atoms with Crippen molar-refractivity contribution in [3.63, 3.8) is 0 Å². The Morgan fingerprint density at radius 3 is 1.00 bits per heavy atom. The summed E-state index contributed by atoms with van der Waals surface area (Å²) < 4.78 is 5.25. The van der Waals surface area contributed by atoms with Crippen LogP contribution in [0.3, 0.4) is 0 Å². The largest absolute Gasteiger partial charge is 0.381 e. The van der Waals surface area contributed by atoms with Crippen molar-refractivity contribution in [2.45, 2.75) is 154 Å². The Morgan fingerprint density at radius 2 is 0.750 bits per heavy atom. The fourth-order valence-corrected chi connectivity index (χ4v) is 5.64. The first-order valence-electron chi connectivity index (χ1n) is 18.0. The van der Waals surface area contributed by atoms with E-state index in [9.17, 15) is 0 Å². The van der Waals surface area contributed by atoms with E-state index >= 15 is 0 Å². The quantitative estimate of drug-likeness (QED) is 0.329. The van der Waals surface area contributed by atoms with Gasteiger partial charge >= 0.3 is 0 Å². The van der Waals surface area contributed by atoms with Crippen LogP contribution in [-0.2, 0) is 4.74 Å². The second-order valence-corrected chi connectivity index (χ2v) is 15.8. The topological polar surface area (TPSA) is 12.5 Å². The van der Waals surface area contributed by atoms with Gasteiger partial charge in [-0.3, -0.25) is 0 Å². The van der Waals surface area contributed by atoms with E-state index in [0.29, 0.717) is 0 Å². The molecule has 0 radical (unpaired) electrons. The van der Waals surface area contributed by atoms with Crippen LogP contribution in [0.5, 0.6) is 0 Å². The lowest BCUT2D eigenvalue weighted by Crippen LogP contribution is -2.32. The van der Waals surface area contributed by atoms with Crippen LogP contribution in [-0.4, -0.2) is 38.3 Å². The fraction of sp³-hybridized carbons (Fsp3) is 1.00. The predicted molar refractivity (Wildman–Crippen MR) is 182 cm³/mol. The van der Waals surface area contributed by atoms with Crippen molar-refractivity contribution in [2.75, 3.05) is 33.4 Å². The number of ether oxygens (including phenoxy) is 1. The van der Waals surface area contributed by atoms with Gasteiger partial charge in [-0.25, -0.2) is 0 Å². The lowest BCUT2D eigenvalue weighted by Gasteiger charge is -2.31. The second-order valence-electron chi connectivity index (χ2n) is 15.8. The van der Waals surface area contributed by atoms with Gasteiger partial charge in [0.05, 0.1) is 0 Å². The third-order valence-corrected chi connectivity index (χ3v) is 10.4. The summed E-state index contributed by atoms with van der Waals surface area (Å²) in [6, 6.07) is 0. The van der Waals surface area contributed by atoms with Gasteiger partial charge < -0.3 is 9.64 Å². The number of nitrogens with zero attached hydrogens (tertiary/aromatic N) is 1. The van der Waals surface area contributed by atoms with E-state index < -0.39 is 0 Å². The molecule has 2 saturated carbocycles. The van der Waals surface area contributed by atoms with Crippen molar-refractivity contribution < 1.29 is 4.74 Å². The summed E-state index contributed by atoms with van der Waals surface area (Å²) in [6.07, 6.45) is 15.8. The number of rotatable bonds is 5. The molecule has 242 valence electrons. The Labute approximate surface area is 255 Å². The molecule has 2 heterocycles. The SMILES string of the molecule is CC(C)C(C)C.CC(C)C1CC1.CC(C)C1CCCCC1.CC(C)C1CCN(C)CC1.CC(C)C1CCOCC1. The zero-order valence-corrected chi connectivity index (χ0v) is 30.2. The van der Waals surface area contributed by atoms with Gasteiger partial charge in [0.2, 0.25) is 0 Å². The van der Waals surface area contributed by atoms with E-state index in [1.54, 1.807) is 0 Å². The molecule has 2 aliphatic heterocycles. The number of hydrogen-bond acceptors (Lipinski definition) is 2. The molecular weight excluding hydrogens is 486 g/mol. The minimum Gasteiger partial charge on any atom is -0.381 e. The molecule has 0 spiro atoms. The maximum atomic E-state index is 5.25. The summed E-state index contributed by atoms with van der Waals surface area (Å²) in [5.41, 5.74) is 0. The first-order valence-corrected chi connectivity index (χ1v) is 18.0. The predicted octanol–water partition coefficient (Wildman–Crippen LogP) is 11.6. The average Bonchev–Trinajstić information content (AvgIpc) is 3.77. The van der Waals surface area contributed by atoms with Crippen LogP contribution < -0.4 is 0 Å². The third-order valence-electron chi connectivity index (χ3n) is 10.4. The standard InChI is InChI=1S/C9H19N.C9H18.C8H16O.C6H12.C6H14/c1-8(2)9-4-6-10(3)7-5-9;1-8(2)9-6-4-3-5-7-9;1-7(2)8-3-5-9-6-4-8;1-5(2)6-3-4-6;1-5(2)6(3)4/h8-9H,4-7H2,1-3H3;8-9H,3-7H2,1-2H3;7-8H,3-6H2,1-2H3;5-6H,3-4H2,1-2H3;5-6H,1-4H3. The maximum absolute atomic E-state index is 5.25. The molecule has 4 fully saturated rings. The van der Waals surface area contributed by atoms with Crippen molar-refractivity contribution in [3.8, 4) is 0 Å². The zero-order valence-electron chi connectivity index (χ0n) is 30.2. The van der Waals surface area contributed by atoms with Crippen molar-refractivity contribution in [2.24, 2.45) is 59.2 Å². The number of likely N-dealkylation sites (tertiary alicyclic amines) is 1. The normalized spacial score (nSPS) is 21.4. The van der Waals surface area contributed by atoms with Gasteiger partial charge in [0, 0.05) is 13.2 Å². The van der Waals surface area contributed by atoms with Crippen molar-refractivity contribution in [1.29, 1.82) is 0 Å². The fourth-order valence-electron chi connectivity index (χ4n) is 5.64. The minimum absolute atomic E-state index is 0.852. The zero-order chi connectivity index (χ0) is 30.7. The molecule has 40 heavy (non-hydrogen) atoms. The van der Waals surface area contributed by atoms with E-state index in [1.807, 2.05) is 0 Å². The molecule has 2 heteroatoms. The van der Waals surface area contributed by atoms with E-state index in [0.717, 1.165) is 72.4 Å². The molecule has 0 aromatic rings. The number of piperidine rings is 1. The van der Waals surface area contributed by atoms with E-state index in [4.69, 9.17) is 4.74 Å². The first kappa shape index (κ1) is 39.9. The maximum Gasteiger partial charge on any atom is 0.0468 e. The van der Waals surface area contributed by atoms with Crippen LogP contribution in [0.15, 0.2) is 0 Å². The van der Waals surface area contributed by atoms with Crippen LogP contribution in [0.25, 0.3) is 0 Å². The van der Waals surface area contributed by atoms with Gasteiger partial charge in [0.1, 0.15) is 0 Å². The molecule has 4 aliphatic rings. The summed E-state index contributed by atoms with van der Waals surface area (Å²) in [6.45, 7) is 32.2. The monoisotopic (exact) mass is 566 g/mol. The van der Waals surface area contributed by atoms with Gasteiger partial charge in [-0.15, -0.1) is 0 Å². The molecule has 0 aromatic heterocycles. The molecule has 2 saturated heterocycles. The van der Waals surface area contributed by atoms with Crippen molar-refractivity contribution >= 4 is 0 Å². The van der Waals surface area contributed by atoms with Crippen molar-refractivity contribution in [3.05, 3.63) is 0 Å². The summed E-state index contributed by atoms with van der Waals surface area (Å²) in [7, 11) is 2.22. The highest BCUT2D eigenvalue weighted by Gasteiger charge is 2.24. The summed E-state index contributed by atoms with van der Waals surface area (Å²) in [5, 5.41) is 0. The molecule has 4 rings (SSSR count). The second kappa shape index (κ2) is 23.4. The van der Waals surface area contributed by atoms with Crippen LogP contribution in [0.1, 0.15) is 154 Å². The van der Waals surface area contributed by atoms with E-state index in [2.05, 4.69) is 95.0 Å². The lowest BCUT2D eigenvalue weighted by atomic mass is 9.82. The first-order chi connectivity index (χ1) is 18.8. The highest BCUT2D eigenvalue weighted by atomic mass is 16.5. The minimum atomic E-state index is 0.852. The summed E-state index contributed by atoms with van der Waals surface area (Å²) in [4.78, 5) is 2.43. The molecule has 2 nitrogen and oxygen atoms in total. The Bertz CT molecular complexity index is 491. The Hall–Kier alpha value is -0.0800. The highest BCUT2D eigenvalue weighted by molar-refractivity contribution is 4.75. The van der Waals surface area contributed by atoms with Gasteiger partial charge in [-0.2, -0.15) is 0 Å². The molecule has 0 amide bonds. The smallest absolute Gasteiger partial charge is 0.0468 e. The van der Waals surface area contributed by atoms with E-state index in [-0.39, 0.29) is 0 Å². The van der Waals surface area contributed by atoms with Crippen LogP contribution in [0, 0.1) is 59.2 Å². The Morgan fingerprint density at radius 1 is 0.425 bits per heavy atom. The summed E-state index contributed by atoms with van der Waals surface area (Å²) >= 11 is 0. The van der Waals surface area contributed by atoms with Gasteiger partial charge in [-0.1, -0.05) is 115 Å². The van der Waals surface area contributed by atoms with Crippen molar-refractivity contribution in [1.82, 2.24) is 4.90 Å². The Kier molecular flexibility index (Phi) is 23.3. The molecule has 0 aromatic carbocycles. The summed E-state index contributed by atoms with van der Waals surface area (Å²) in [5.74, 6) is 9.44. The van der Waals surface area contributed by atoms with Gasteiger partial charge in [0.25, 0.3) is 0 Å². The lowest BCUT2D eigenvalue weighted by molar-refractivity contribution is 0.0523. The Balaban J connectivity index is 0.000000483. The van der Waals surface area contributed by atoms with Gasteiger partial charge in [0.15, 0.2) is 0 Å². The molecular formula is C38H79NO. The molecule has 2 aliphatic carbocycles.